The highest BCUT2D eigenvalue weighted by Gasteiger charge is 2.13. The second-order valence-corrected chi connectivity index (χ2v) is 6.55. The Bertz CT molecular complexity index is 550. The van der Waals surface area contributed by atoms with Crippen LogP contribution in [0.5, 0.6) is 0 Å². The summed E-state index contributed by atoms with van der Waals surface area (Å²) in [5, 5.41) is 9.13. The topological polar surface area (TPSA) is 74.8 Å². The highest BCUT2D eigenvalue weighted by atomic mass is 16.5. The van der Waals surface area contributed by atoms with Crippen molar-refractivity contribution in [3.8, 4) is 0 Å². The van der Waals surface area contributed by atoms with Gasteiger partial charge in [0.1, 0.15) is 0 Å². The molecule has 0 radical (unpaired) electrons. The third-order valence-electron chi connectivity index (χ3n) is 3.10. The van der Waals surface area contributed by atoms with E-state index in [4.69, 9.17) is 4.74 Å². The van der Waals surface area contributed by atoms with Crippen LogP contribution in [0.3, 0.4) is 0 Å². The van der Waals surface area contributed by atoms with Gasteiger partial charge in [-0.2, -0.15) is 0 Å². The third kappa shape index (κ3) is 7.97. The number of methoxy groups -OCH3 is 1. The zero-order chi connectivity index (χ0) is 18.0. The van der Waals surface area contributed by atoms with Crippen LogP contribution < -0.4 is 16.0 Å². The van der Waals surface area contributed by atoms with Crippen LogP contribution in [0.4, 0.5) is 0 Å². The molecule has 0 bridgehead atoms. The molecule has 0 fully saturated rings. The van der Waals surface area contributed by atoms with Crippen LogP contribution in [-0.4, -0.2) is 37.6 Å². The molecule has 0 unspecified atom stereocenters. The summed E-state index contributed by atoms with van der Waals surface area (Å²) in [5.41, 5.74) is 1.98. The minimum absolute atomic E-state index is 0.0621. The van der Waals surface area contributed by atoms with Gasteiger partial charge >= 0.3 is 0 Å². The molecule has 0 saturated carbocycles. The van der Waals surface area contributed by atoms with Gasteiger partial charge in [0, 0.05) is 19.2 Å². The summed E-state index contributed by atoms with van der Waals surface area (Å²) in [5.74, 6) is 0.557. The Labute approximate surface area is 145 Å². The fourth-order valence-electron chi connectivity index (χ4n) is 2.14. The molecule has 134 valence electrons. The summed E-state index contributed by atoms with van der Waals surface area (Å²) in [6.07, 6.45) is 0. The number of amides is 1. The lowest BCUT2D eigenvalue weighted by molar-refractivity contribution is -0.121. The Morgan fingerprint density at radius 3 is 2.42 bits per heavy atom. The predicted octanol–water partition coefficient (Wildman–Crippen LogP) is 1.80. The van der Waals surface area contributed by atoms with E-state index in [9.17, 15) is 4.79 Å². The quantitative estimate of drug-likeness (QED) is 0.525. The summed E-state index contributed by atoms with van der Waals surface area (Å²) in [7, 11) is 1.68. The van der Waals surface area contributed by atoms with Gasteiger partial charge in [0.2, 0.25) is 5.91 Å². The van der Waals surface area contributed by atoms with Gasteiger partial charge in [-0.3, -0.25) is 4.79 Å². The first-order valence-corrected chi connectivity index (χ1v) is 8.24. The first kappa shape index (κ1) is 20.0. The summed E-state index contributed by atoms with van der Waals surface area (Å²) in [6.45, 7) is 9.85. The molecule has 0 saturated heterocycles. The van der Waals surface area contributed by atoms with E-state index >= 15 is 0 Å². The Hall–Kier alpha value is -2.08. The lowest BCUT2D eigenvalue weighted by Gasteiger charge is -2.21. The van der Waals surface area contributed by atoms with E-state index in [0.29, 0.717) is 19.1 Å². The number of carbonyl (C=O) groups excluding carboxylic acids is 1. The van der Waals surface area contributed by atoms with E-state index in [1.807, 2.05) is 52.0 Å². The average molecular weight is 334 g/mol. The van der Waals surface area contributed by atoms with Crippen molar-refractivity contribution in [1.82, 2.24) is 16.0 Å². The van der Waals surface area contributed by atoms with Gasteiger partial charge in [0.25, 0.3) is 0 Å². The van der Waals surface area contributed by atoms with Crippen molar-refractivity contribution >= 4 is 11.9 Å². The van der Waals surface area contributed by atoms with Crippen molar-refractivity contribution in [3.05, 3.63) is 35.4 Å². The Balaban J connectivity index is 2.67. The maximum atomic E-state index is 11.9. The number of aliphatic imine (C=N–C) groups is 1. The van der Waals surface area contributed by atoms with Gasteiger partial charge in [-0.15, -0.1) is 0 Å². The van der Waals surface area contributed by atoms with Crippen molar-refractivity contribution in [2.45, 2.75) is 46.4 Å². The average Bonchev–Trinajstić information content (AvgIpc) is 2.50. The number of carbonyl (C=O) groups is 1. The lowest BCUT2D eigenvalue weighted by atomic mass is 10.1. The Morgan fingerprint density at radius 1 is 1.17 bits per heavy atom. The molecule has 1 aromatic carbocycles. The molecule has 0 atom stereocenters. The zero-order valence-corrected chi connectivity index (χ0v) is 15.4. The number of nitrogens with one attached hydrogen (secondary N) is 3. The van der Waals surface area contributed by atoms with Crippen molar-refractivity contribution in [2.75, 3.05) is 20.2 Å². The molecule has 1 amide bonds. The van der Waals surface area contributed by atoms with E-state index < -0.39 is 0 Å². The van der Waals surface area contributed by atoms with Crippen LogP contribution in [0.15, 0.2) is 29.3 Å². The Morgan fingerprint density at radius 2 is 1.83 bits per heavy atom. The number of hydrogen-bond donors (Lipinski definition) is 3. The molecule has 0 aromatic heterocycles. The molecule has 1 rings (SSSR count). The summed E-state index contributed by atoms with van der Waals surface area (Å²) in [6, 6.07) is 8.04. The molecule has 1 aromatic rings. The van der Waals surface area contributed by atoms with Gasteiger partial charge in [0.15, 0.2) is 5.96 Å². The fourth-order valence-corrected chi connectivity index (χ4v) is 2.14. The zero-order valence-electron chi connectivity index (χ0n) is 15.4. The molecule has 0 aliphatic rings. The largest absolute Gasteiger partial charge is 0.380 e. The molecular weight excluding hydrogens is 304 g/mol. The normalized spacial score (nSPS) is 12.0. The van der Waals surface area contributed by atoms with Gasteiger partial charge < -0.3 is 20.7 Å². The number of benzene rings is 1. The van der Waals surface area contributed by atoms with E-state index in [0.717, 1.165) is 17.7 Å². The second kappa shape index (κ2) is 9.93. The van der Waals surface area contributed by atoms with Gasteiger partial charge in [0.05, 0.1) is 19.7 Å². The van der Waals surface area contributed by atoms with Crippen LogP contribution in [0.25, 0.3) is 0 Å². The molecule has 3 N–H and O–H groups in total. The predicted molar refractivity (Wildman–Crippen MR) is 97.9 cm³/mol. The van der Waals surface area contributed by atoms with Crippen molar-refractivity contribution in [3.63, 3.8) is 0 Å². The van der Waals surface area contributed by atoms with Crippen LogP contribution in [0.1, 0.15) is 38.8 Å². The Kier molecular flexibility index (Phi) is 8.26. The van der Waals surface area contributed by atoms with Crippen molar-refractivity contribution in [2.24, 2.45) is 4.99 Å². The molecule has 0 spiro atoms. The maximum absolute atomic E-state index is 11.9. The van der Waals surface area contributed by atoms with Crippen LogP contribution in [0, 0.1) is 0 Å². The van der Waals surface area contributed by atoms with Crippen LogP contribution >= 0.6 is 0 Å². The minimum Gasteiger partial charge on any atom is -0.380 e. The third-order valence-corrected chi connectivity index (χ3v) is 3.10. The van der Waals surface area contributed by atoms with Crippen LogP contribution in [-0.2, 0) is 22.7 Å². The monoisotopic (exact) mass is 334 g/mol. The summed E-state index contributed by atoms with van der Waals surface area (Å²) in [4.78, 5) is 16.5. The summed E-state index contributed by atoms with van der Waals surface area (Å²) >= 11 is 0. The standard InChI is InChI=1S/C18H30N4O2/c1-6-19-17(21-12-16(23)22-18(2,3)4)20-11-14-9-7-8-10-15(14)13-24-5/h7-10H,6,11-13H2,1-5H3,(H,22,23)(H2,19,20,21). The minimum atomic E-state index is -0.243. The molecule has 6 heteroatoms. The highest BCUT2D eigenvalue weighted by Crippen LogP contribution is 2.11. The number of rotatable bonds is 7. The van der Waals surface area contributed by atoms with Crippen molar-refractivity contribution in [1.29, 1.82) is 0 Å². The van der Waals surface area contributed by atoms with E-state index in [1.54, 1.807) is 7.11 Å². The number of nitrogens with zero attached hydrogens (tertiary/aromatic N) is 1. The molecule has 6 nitrogen and oxygen atoms in total. The smallest absolute Gasteiger partial charge is 0.239 e. The number of guanidine groups is 1. The first-order chi connectivity index (χ1) is 11.4. The lowest BCUT2D eigenvalue weighted by Crippen LogP contribution is -2.48. The van der Waals surface area contributed by atoms with E-state index in [2.05, 4.69) is 20.9 Å². The molecular formula is C18H30N4O2. The SMILES string of the molecule is CCNC(=NCc1ccccc1COC)NCC(=O)NC(C)(C)C. The first-order valence-electron chi connectivity index (χ1n) is 8.24. The molecule has 0 heterocycles. The van der Waals surface area contributed by atoms with Crippen molar-refractivity contribution < 1.29 is 9.53 Å². The van der Waals surface area contributed by atoms with Gasteiger partial charge in [-0.25, -0.2) is 4.99 Å². The van der Waals surface area contributed by atoms with E-state index in [1.165, 1.54) is 0 Å². The molecule has 24 heavy (non-hydrogen) atoms. The van der Waals surface area contributed by atoms with Gasteiger partial charge in [-0.05, 0) is 38.8 Å². The van der Waals surface area contributed by atoms with Crippen LogP contribution in [0.2, 0.25) is 0 Å². The molecule has 0 aliphatic heterocycles. The fraction of sp³-hybridized carbons (Fsp3) is 0.556. The highest BCUT2D eigenvalue weighted by molar-refractivity contribution is 5.86. The van der Waals surface area contributed by atoms with Gasteiger partial charge in [-0.1, -0.05) is 24.3 Å². The maximum Gasteiger partial charge on any atom is 0.239 e. The molecule has 0 aliphatic carbocycles. The summed E-state index contributed by atoms with van der Waals surface area (Å²) < 4.78 is 5.22. The number of hydrogen-bond acceptors (Lipinski definition) is 3. The second-order valence-electron chi connectivity index (χ2n) is 6.55. The van der Waals surface area contributed by atoms with E-state index in [-0.39, 0.29) is 18.0 Å². The number of ether oxygens (including phenoxy) is 1.